The van der Waals surface area contributed by atoms with Crippen LogP contribution < -0.4 is 4.65 Å². The molecule has 1 aromatic rings. The summed E-state index contributed by atoms with van der Waals surface area (Å²) in [4.78, 5) is 13.7. The van der Waals surface area contributed by atoms with Crippen LogP contribution in [0.4, 0.5) is 32.0 Å². The normalized spacial score (nSPS) is 25.8. The lowest BCUT2D eigenvalue weighted by Crippen LogP contribution is -2.59. The van der Waals surface area contributed by atoms with E-state index in [1.807, 2.05) is 0 Å². The molecule has 0 radical (unpaired) electrons. The molecule has 1 aliphatic heterocycles. The van der Waals surface area contributed by atoms with Crippen LogP contribution in [0.5, 0.6) is 0 Å². The summed E-state index contributed by atoms with van der Waals surface area (Å²) in [6.45, 7) is 1.83. The molecule has 1 aromatic carbocycles. The van der Waals surface area contributed by atoms with Gasteiger partial charge in [-0.3, -0.25) is 4.79 Å². The van der Waals surface area contributed by atoms with Gasteiger partial charge in [0.2, 0.25) is 5.91 Å². The molecule has 4 nitrogen and oxygen atoms in total. The number of halogens is 6. The van der Waals surface area contributed by atoms with Crippen molar-refractivity contribution in [1.82, 2.24) is 9.55 Å². The number of amides is 1. The van der Waals surface area contributed by atoms with Gasteiger partial charge in [0.05, 0.1) is 18.8 Å². The maximum atomic E-state index is 14.5. The molecule has 1 amide bonds. The summed E-state index contributed by atoms with van der Waals surface area (Å²) >= 11 is 0.468. The largest absolute Gasteiger partial charge is 0.627 e. The van der Waals surface area contributed by atoms with E-state index in [4.69, 9.17) is 0 Å². The number of hydroxylamine groups is 2. The summed E-state index contributed by atoms with van der Waals surface area (Å²) < 4.78 is 77.7. The molecule has 1 saturated heterocycles. The van der Waals surface area contributed by atoms with E-state index in [-0.39, 0.29) is 42.3 Å². The van der Waals surface area contributed by atoms with E-state index in [1.165, 1.54) is 18.7 Å². The second-order valence-corrected chi connectivity index (χ2v) is 8.83. The molecule has 0 N–H and O–H groups in total. The molecular formula is C18H20F6N2O2S. The van der Waals surface area contributed by atoms with E-state index in [0.29, 0.717) is 11.8 Å². The van der Waals surface area contributed by atoms with Crippen LogP contribution in [0.3, 0.4) is 0 Å². The van der Waals surface area contributed by atoms with Gasteiger partial charge in [-0.05, 0) is 25.5 Å². The highest BCUT2D eigenvalue weighted by molar-refractivity contribution is 7.99. The Hall–Kier alpha value is -1.46. The Labute approximate surface area is 168 Å². The lowest BCUT2D eigenvalue weighted by molar-refractivity contribution is -0.141. The van der Waals surface area contributed by atoms with Gasteiger partial charge in [0.15, 0.2) is 11.5 Å². The number of quaternary nitrogens is 1. The van der Waals surface area contributed by atoms with Crippen molar-refractivity contribution in [2.45, 2.75) is 37.3 Å². The Bertz CT molecular complexity index is 823. The molecule has 1 unspecified atom stereocenters. The maximum Gasteiger partial charge on any atom is 0.398 e. The first-order valence-corrected chi connectivity index (χ1v) is 9.93. The van der Waals surface area contributed by atoms with Crippen molar-refractivity contribution < 1.29 is 31.1 Å². The van der Waals surface area contributed by atoms with Crippen LogP contribution in [0.1, 0.15) is 18.9 Å². The summed E-state index contributed by atoms with van der Waals surface area (Å²) in [6.07, 6.45) is -4.96. The van der Waals surface area contributed by atoms with Crippen LogP contribution in [0.25, 0.3) is 0 Å². The van der Waals surface area contributed by atoms with Gasteiger partial charge in [0, 0.05) is 17.4 Å². The van der Waals surface area contributed by atoms with Crippen molar-refractivity contribution in [1.29, 1.82) is 0 Å². The molecule has 1 aliphatic carbocycles. The van der Waals surface area contributed by atoms with E-state index in [9.17, 15) is 36.3 Å². The van der Waals surface area contributed by atoms with Crippen LogP contribution in [0.2, 0.25) is 0 Å². The monoisotopic (exact) mass is 442 g/mol. The quantitative estimate of drug-likeness (QED) is 0.299. The molecule has 0 bridgehead atoms. The van der Waals surface area contributed by atoms with E-state index in [2.05, 4.69) is 0 Å². The molecule has 1 heterocycles. The fourth-order valence-corrected chi connectivity index (χ4v) is 4.28. The van der Waals surface area contributed by atoms with Crippen LogP contribution in [-0.2, 0) is 4.79 Å². The number of hydrogen-bond acceptors (Lipinski definition) is 3. The minimum Gasteiger partial charge on any atom is -0.627 e. The van der Waals surface area contributed by atoms with Gasteiger partial charge in [-0.1, -0.05) is 0 Å². The number of hydrogen-bond donors (Lipinski definition) is 0. The highest BCUT2D eigenvalue weighted by atomic mass is 32.2. The van der Waals surface area contributed by atoms with Gasteiger partial charge in [-0.15, -0.1) is 11.8 Å². The summed E-state index contributed by atoms with van der Waals surface area (Å²) in [6, 6.07) is 2.15. The second kappa shape index (κ2) is 7.05. The number of carbonyl (C=O) groups is 1. The number of piperazine rings is 1. The summed E-state index contributed by atoms with van der Waals surface area (Å²) in [7, 11) is 0. The fourth-order valence-electron chi connectivity index (χ4n) is 3.48. The highest BCUT2D eigenvalue weighted by Crippen LogP contribution is 2.61. The van der Waals surface area contributed by atoms with E-state index >= 15 is 0 Å². The third-order valence-corrected chi connectivity index (χ3v) is 6.78. The predicted molar refractivity (Wildman–Crippen MR) is 97.1 cm³/mol. The van der Waals surface area contributed by atoms with Gasteiger partial charge in [-0.2, -0.15) is 13.2 Å². The Balaban J connectivity index is 1.75. The van der Waals surface area contributed by atoms with Gasteiger partial charge in [-0.25, -0.2) is 13.2 Å². The Morgan fingerprint density at radius 2 is 1.83 bits per heavy atom. The molecule has 3 rings (SSSR count). The van der Waals surface area contributed by atoms with Gasteiger partial charge in [0.25, 0.3) is 5.92 Å². The molecular weight excluding hydrogens is 422 g/mol. The van der Waals surface area contributed by atoms with Gasteiger partial charge < -0.3 is 14.8 Å². The van der Waals surface area contributed by atoms with Crippen molar-refractivity contribution in [3.8, 4) is 0 Å². The van der Waals surface area contributed by atoms with Crippen molar-refractivity contribution in [2.75, 3.05) is 31.9 Å². The van der Waals surface area contributed by atoms with Crippen LogP contribution in [-0.4, -0.2) is 54.8 Å². The Kier molecular flexibility index (Phi) is 5.41. The third kappa shape index (κ3) is 4.22. The lowest BCUT2D eigenvalue weighted by atomic mass is 10.1. The summed E-state index contributed by atoms with van der Waals surface area (Å²) in [5.74, 6) is -5.82. The molecule has 2 aliphatic rings. The molecule has 11 heteroatoms. The molecule has 1 atom stereocenters. The number of carbonyl (C=O) groups excluding carboxylic acids is 1. The summed E-state index contributed by atoms with van der Waals surface area (Å²) in [5.41, 5.74) is -1.79. The van der Waals surface area contributed by atoms with E-state index in [0.717, 1.165) is 12.1 Å². The lowest BCUT2D eigenvalue weighted by Gasteiger charge is -2.48. The van der Waals surface area contributed by atoms with E-state index in [1.54, 1.807) is 0 Å². The van der Waals surface area contributed by atoms with Crippen molar-refractivity contribution >= 4 is 23.4 Å². The van der Waals surface area contributed by atoms with Crippen LogP contribution >= 0.6 is 11.8 Å². The first-order valence-electron chi connectivity index (χ1n) is 8.94. The number of benzene rings is 1. The number of aryl methyl sites for hydroxylation is 1. The zero-order valence-electron chi connectivity index (χ0n) is 15.8. The van der Waals surface area contributed by atoms with Crippen LogP contribution in [0.15, 0.2) is 17.0 Å². The standard InChI is InChI=1S/C18H20F6N2O2S/c1-11-7-12(19)13(8-14(11)29-10-18(22,23)24)26(28)5-3-25(4-6-26)15(27)16(2)9-17(16,20)21/h7-8H,3-6,9-10H2,1-2H3. The Morgan fingerprint density at radius 1 is 1.28 bits per heavy atom. The molecule has 2 fully saturated rings. The molecule has 162 valence electrons. The maximum absolute atomic E-state index is 14.5. The van der Waals surface area contributed by atoms with E-state index < -0.39 is 46.1 Å². The first-order chi connectivity index (χ1) is 13.2. The third-order valence-electron chi connectivity index (χ3n) is 5.55. The number of thioether (sulfide) groups is 1. The zero-order valence-corrected chi connectivity index (χ0v) is 16.6. The molecule has 0 spiro atoms. The molecule has 1 saturated carbocycles. The summed E-state index contributed by atoms with van der Waals surface area (Å²) in [5, 5.41) is 13.1. The highest BCUT2D eigenvalue weighted by Gasteiger charge is 2.73. The average molecular weight is 442 g/mol. The van der Waals surface area contributed by atoms with Crippen LogP contribution in [0, 0.1) is 23.4 Å². The second-order valence-electron chi connectivity index (χ2n) is 7.82. The topological polar surface area (TPSA) is 43.4 Å². The SMILES string of the molecule is Cc1cc(F)c([N+]2([O-])CCN(C(=O)C3(C)CC3(F)F)CC2)cc1SCC(F)(F)F. The minimum atomic E-state index is -4.41. The fraction of sp³-hybridized carbons (Fsp3) is 0.611. The van der Waals surface area contributed by atoms with Crippen molar-refractivity contribution in [3.63, 3.8) is 0 Å². The van der Waals surface area contributed by atoms with Gasteiger partial charge in [0.1, 0.15) is 18.5 Å². The predicted octanol–water partition coefficient (Wildman–Crippen LogP) is 4.48. The number of alkyl halides is 5. The molecule has 29 heavy (non-hydrogen) atoms. The van der Waals surface area contributed by atoms with Gasteiger partial charge >= 0.3 is 6.18 Å². The zero-order chi connectivity index (χ0) is 21.8. The minimum absolute atomic E-state index is 0.133. The number of nitrogens with zero attached hydrogens (tertiary/aromatic N) is 2. The molecule has 0 aromatic heterocycles. The average Bonchev–Trinajstić information content (AvgIpc) is 3.12. The van der Waals surface area contributed by atoms with Crippen molar-refractivity contribution in [2.24, 2.45) is 5.41 Å². The Morgan fingerprint density at radius 3 is 2.31 bits per heavy atom. The first kappa shape index (κ1) is 22.2. The van der Waals surface area contributed by atoms with Crippen molar-refractivity contribution in [3.05, 3.63) is 28.7 Å². The smallest absolute Gasteiger partial charge is 0.398 e. The number of rotatable bonds is 4.